The van der Waals surface area contributed by atoms with Crippen LogP contribution in [0.4, 0.5) is 0 Å². The lowest BCUT2D eigenvalue weighted by Crippen LogP contribution is -2.30. The minimum Gasteiger partial charge on any atom is -0.480 e. The first kappa shape index (κ1) is 11.1. The number of hydrogen-bond acceptors (Lipinski definition) is 5. The molecule has 1 N–H and O–H groups in total. The van der Waals surface area contributed by atoms with Crippen LogP contribution in [0.2, 0.25) is 0 Å². The zero-order valence-corrected chi connectivity index (χ0v) is 7.83. The average molecular weight is 207 g/mol. The molecule has 1 atom stereocenters. The predicted molar refractivity (Wildman–Crippen MR) is 49.7 cm³/mol. The van der Waals surface area contributed by atoms with Crippen molar-refractivity contribution in [2.75, 3.05) is 6.61 Å². The van der Waals surface area contributed by atoms with Gasteiger partial charge in [0.2, 0.25) is 11.9 Å². The number of carbonyl (C=O) groups is 1. The molecule has 0 spiro atoms. The Balaban J connectivity index is 2.73. The minimum atomic E-state index is -1.15. The Kier molecular flexibility index (Phi) is 3.71. The molecule has 6 nitrogen and oxygen atoms in total. The number of aliphatic carboxylic acids is 1. The van der Waals surface area contributed by atoms with Crippen molar-refractivity contribution in [2.45, 2.75) is 12.1 Å². The van der Waals surface area contributed by atoms with Crippen LogP contribution in [0.15, 0.2) is 34.5 Å². The van der Waals surface area contributed by atoms with Gasteiger partial charge >= 0.3 is 5.97 Å². The highest BCUT2D eigenvalue weighted by molar-refractivity contribution is 5.68. The van der Waals surface area contributed by atoms with E-state index in [4.69, 9.17) is 15.1 Å². The smallest absolute Gasteiger partial charge is 0.329 e. The third-order valence-electron chi connectivity index (χ3n) is 1.72. The summed E-state index contributed by atoms with van der Waals surface area (Å²) in [6.07, 6.45) is 8.64. The van der Waals surface area contributed by atoms with Crippen molar-refractivity contribution < 1.29 is 14.6 Å². The summed E-state index contributed by atoms with van der Waals surface area (Å²) in [5, 5.41) is 23.6. The summed E-state index contributed by atoms with van der Waals surface area (Å²) >= 11 is 0. The number of azo groups is 1. The molecule has 0 radical (unpaired) electrons. The summed E-state index contributed by atoms with van der Waals surface area (Å²) < 4.78 is 5.08. The van der Waals surface area contributed by atoms with Crippen molar-refractivity contribution in [3.8, 4) is 6.19 Å². The predicted octanol–water partition coefficient (Wildman–Crippen LogP) is 1.23. The number of nitriles is 1. The van der Waals surface area contributed by atoms with Gasteiger partial charge in [-0.2, -0.15) is 5.26 Å². The van der Waals surface area contributed by atoms with E-state index in [0.29, 0.717) is 6.42 Å². The Morgan fingerprint density at radius 1 is 1.67 bits per heavy atom. The Morgan fingerprint density at radius 2 is 2.47 bits per heavy atom. The third kappa shape index (κ3) is 3.32. The molecule has 0 amide bonds. The molecule has 15 heavy (non-hydrogen) atoms. The molecule has 0 bridgehead atoms. The van der Waals surface area contributed by atoms with Crippen LogP contribution in [0.1, 0.15) is 6.42 Å². The van der Waals surface area contributed by atoms with Crippen molar-refractivity contribution in [2.24, 2.45) is 10.2 Å². The van der Waals surface area contributed by atoms with Crippen molar-refractivity contribution in [3.05, 3.63) is 24.3 Å². The van der Waals surface area contributed by atoms with Crippen LogP contribution in [-0.4, -0.2) is 23.4 Å². The molecule has 0 aromatic carbocycles. The van der Waals surface area contributed by atoms with Crippen LogP contribution in [0.3, 0.4) is 0 Å². The normalized spacial score (nSPS) is 24.2. The highest BCUT2D eigenvalue weighted by Gasteiger charge is 2.28. The molecule has 0 saturated carbocycles. The maximum Gasteiger partial charge on any atom is 0.329 e. The van der Waals surface area contributed by atoms with Crippen molar-refractivity contribution >= 4 is 5.97 Å². The zero-order valence-electron chi connectivity index (χ0n) is 7.83. The number of rotatable bonds is 4. The molecule has 1 rings (SSSR count). The third-order valence-corrected chi connectivity index (χ3v) is 1.72. The highest BCUT2D eigenvalue weighted by Crippen LogP contribution is 2.24. The second-order valence-electron chi connectivity index (χ2n) is 2.82. The van der Waals surface area contributed by atoms with Gasteiger partial charge in [0.05, 0.1) is 0 Å². The Bertz CT molecular complexity index is 367. The summed E-state index contributed by atoms with van der Waals surface area (Å²) in [5.74, 6) is -1.09. The van der Waals surface area contributed by atoms with E-state index in [-0.39, 0.29) is 0 Å². The van der Waals surface area contributed by atoms with Gasteiger partial charge < -0.3 is 9.84 Å². The maximum absolute atomic E-state index is 10.4. The summed E-state index contributed by atoms with van der Waals surface area (Å²) in [5.41, 5.74) is -1.15. The molecular weight excluding hydrogens is 198 g/mol. The van der Waals surface area contributed by atoms with Gasteiger partial charge in [0.15, 0.2) is 0 Å². The molecule has 0 heterocycles. The summed E-state index contributed by atoms with van der Waals surface area (Å²) in [6.45, 7) is -0.484. The first-order chi connectivity index (χ1) is 7.18. The molecule has 6 heteroatoms. The summed E-state index contributed by atoms with van der Waals surface area (Å²) in [7, 11) is 0. The standard InChI is InChI=1S/C9H9N3O3/c10-7-11-12-9(15-6-8(13)14)4-2-1-3-5-9/h1-4H,5-6H2,(H,13,14). The van der Waals surface area contributed by atoms with E-state index in [1.165, 1.54) is 6.19 Å². The van der Waals surface area contributed by atoms with Crippen LogP contribution in [0.5, 0.6) is 0 Å². The minimum absolute atomic E-state index is 0.363. The first-order valence-corrected chi connectivity index (χ1v) is 4.20. The topological polar surface area (TPSA) is 95.0 Å². The number of allylic oxidation sites excluding steroid dienone is 2. The molecule has 1 unspecified atom stereocenters. The molecule has 0 aromatic rings. The monoisotopic (exact) mass is 207 g/mol. The second kappa shape index (κ2) is 5.02. The lowest BCUT2D eigenvalue weighted by molar-refractivity contribution is -0.147. The van der Waals surface area contributed by atoms with Crippen LogP contribution in [-0.2, 0) is 9.53 Å². The SMILES string of the molecule is N#CN=NC1(OCC(=O)O)C=CC=CC1. The fourth-order valence-electron chi connectivity index (χ4n) is 1.09. The number of hydrogen-bond donors (Lipinski definition) is 1. The molecule has 0 aromatic heterocycles. The fourth-order valence-corrected chi connectivity index (χ4v) is 1.09. The van der Waals surface area contributed by atoms with Gasteiger partial charge in [0.1, 0.15) is 6.61 Å². The lowest BCUT2D eigenvalue weighted by atomic mass is 10.1. The van der Waals surface area contributed by atoms with E-state index in [1.54, 1.807) is 24.3 Å². The van der Waals surface area contributed by atoms with Gasteiger partial charge in [0, 0.05) is 6.42 Å². The van der Waals surface area contributed by atoms with Gasteiger partial charge in [-0.1, -0.05) is 23.3 Å². The molecule has 0 fully saturated rings. The van der Waals surface area contributed by atoms with E-state index >= 15 is 0 Å². The largest absolute Gasteiger partial charge is 0.480 e. The van der Waals surface area contributed by atoms with Crippen LogP contribution in [0.25, 0.3) is 0 Å². The molecular formula is C9H9N3O3. The van der Waals surface area contributed by atoms with Gasteiger partial charge in [-0.3, -0.25) is 0 Å². The summed E-state index contributed by atoms with van der Waals surface area (Å²) in [4.78, 5) is 10.4. The Labute approximate surface area is 86.2 Å². The van der Waals surface area contributed by atoms with Gasteiger partial charge in [-0.25, -0.2) is 4.79 Å². The number of carboxylic acids is 1. The first-order valence-electron chi connectivity index (χ1n) is 4.20. The molecule has 1 aliphatic carbocycles. The van der Waals surface area contributed by atoms with Crippen molar-refractivity contribution in [1.82, 2.24) is 0 Å². The lowest BCUT2D eigenvalue weighted by Gasteiger charge is -2.24. The van der Waals surface area contributed by atoms with Crippen LogP contribution >= 0.6 is 0 Å². The summed E-state index contributed by atoms with van der Waals surface area (Å²) in [6, 6.07) is 0. The van der Waals surface area contributed by atoms with E-state index in [9.17, 15) is 4.79 Å². The number of carboxylic acid groups (broad SMARTS) is 1. The van der Waals surface area contributed by atoms with Gasteiger partial charge in [-0.15, -0.1) is 5.11 Å². The molecule has 0 saturated heterocycles. The quantitative estimate of drug-likeness (QED) is 0.554. The molecule has 78 valence electrons. The number of ether oxygens (including phenoxy) is 1. The molecule has 0 aliphatic heterocycles. The van der Waals surface area contributed by atoms with E-state index < -0.39 is 18.3 Å². The number of nitrogens with zero attached hydrogens (tertiary/aromatic N) is 3. The highest BCUT2D eigenvalue weighted by atomic mass is 16.5. The molecule has 1 aliphatic rings. The fraction of sp³-hybridized carbons (Fsp3) is 0.333. The van der Waals surface area contributed by atoms with Gasteiger partial charge in [-0.05, 0) is 6.08 Å². The Hall–Kier alpha value is -2.00. The van der Waals surface area contributed by atoms with Crippen molar-refractivity contribution in [3.63, 3.8) is 0 Å². The zero-order chi connectivity index (χ0) is 11.1. The van der Waals surface area contributed by atoms with Crippen LogP contribution in [0, 0.1) is 11.5 Å². The van der Waals surface area contributed by atoms with Crippen LogP contribution < -0.4 is 0 Å². The van der Waals surface area contributed by atoms with E-state index in [0.717, 1.165) is 0 Å². The Morgan fingerprint density at radius 3 is 3.00 bits per heavy atom. The van der Waals surface area contributed by atoms with Crippen molar-refractivity contribution in [1.29, 1.82) is 5.26 Å². The average Bonchev–Trinajstić information content (AvgIpc) is 2.25. The second-order valence-corrected chi connectivity index (χ2v) is 2.82. The van der Waals surface area contributed by atoms with E-state index in [2.05, 4.69) is 10.2 Å². The maximum atomic E-state index is 10.4. The van der Waals surface area contributed by atoms with E-state index in [1.807, 2.05) is 0 Å². The van der Waals surface area contributed by atoms with Gasteiger partial charge in [0.25, 0.3) is 0 Å².